The Morgan fingerprint density at radius 2 is 2.18 bits per heavy atom. The van der Waals surface area contributed by atoms with Crippen LogP contribution in [-0.4, -0.2) is 29.8 Å². The van der Waals surface area contributed by atoms with E-state index < -0.39 is 0 Å². The van der Waals surface area contributed by atoms with Crippen LogP contribution >= 0.6 is 0 Å². The summed E-state index contributed by atoms with van der Waals surface area (Å²) in [6, 6.07) is 5.98. The van der Waals surface area contributed by atoms with Crippen LogP contribution in [0.3, 0.4) is 0 Å². The Morgan fingerprint density at radius 3 is 2.82 bits per heavy atom. The molecule has 0 aliphatic heterocycles. The molecule has 1 aromatic carbocycles. The quantitative estimate of drug-likeness (QED) is 0.881. The third-order valence-electron chi connectivity index (χ3n) is 3.18. The lowest BCUT2D eigenvalue weighted by Crippen LogP contribution is -2.38. The first-order chi connectivity index (χ1) is 8.13. The van der Waals surface area contributed by atoms with E-state index in [0.717, 1.165) is 16.8 Å². The standard InChI is InChI=1S/C13H18N2O2/c1-9(2)12(7-16)15(3)10-4-5-11-13(6-10)17-8-14-11/h4-6,8-9,12,16H,7H2,1-3H3. The van der Waals surface area contributed by atoms with E-state index >= 15 is 0 Å². The van der Waals surface area contributed by atoms with E-state index in [1.165, 1.54) is 6.39 Å². The zero-order valence-electron chi connectivity index (χ0n) is 10.4. The number of hydrogen-bond donors (Lipinski definition) is 1. The molecule has 1 unspecified atom stereocenters. The summed E-state index contributed by atoms with van der Waals surface area (Å²) < 4.78 is 5.28. The number of likely N-dealkylation sites (N-methyl/N-ethyl adjacent to an activating group) is 1. The Balaban J connectivity index is 2.31. The Morgan fingerprint density at radius 1 is 1.41 bits per heavy atom. The van der Waals surface area contributed by atoms with Gasteiger partial charge in [0.05, 0.1) is 12.6 Å². The summed E-state index contributed by atoms with van der Waals surface area (Å²) in [7, 11) is 1.98. The number of aromatic nitrogens is 1. The van der Waals surface area contributed by atoms with Crippen LogP contribution in [0.4, 0.5) is 5.69 Å². The van der Waals surface area contributed by atoms with Gasteiger partial charge in [-0.1, -0.05) is 13.8 Å². The Labute approximate surface area is 101 Å². The van der Waals surface area contributed by atoms with Gasteiger partial charge in [0.25, 0.3) is 0 Å². The summed E-state index contributed by atoms with van der Waals surface area (Å²) in [5, 5.41) is 9.42. The van der Waals surface area contributed by atoms with Gasteiger partial charge in [-0.15, -0.1) is 0 Å². The van der Waals surface area contributed by atoms with Crippen LogP contribution in [0.25, 0.3) is 11.1 Å². The number of benzene rings is 1. The first-order valence-corrected chi connectivity index (χ1v) is 5.80. The highest BCUT2D eigenvalue weighted by Gasteiger charge is 2.18. The fraction of sp³-hybridized carbons (Fsp3) is 0.462. The van der Waals surface area contributed by atoms with Crippen LogP contribution in [0.15, 0.2) is 29.0 Å². The van der Waals surface area contributed by atoms with Crippen LogP contribution in [0.2, 0.25) is 0 Å². The van der Waals surface area contributed by atoms with Crippen molar-refractivity contribution in [1.29, 1.82) is 0 Å². The van der Waals surface area contributed by atoms with Crippen LogP contribution in [-0.2, 0) is 0 Å². The molecule has 0 fully saturated rings. The molecule has 92 valence electrons. The molecule has 0 radical (unpaired) electrons. The minimum Gasteiger partial charge on any atom is -0.443 e. The lowest BCUT2D eigenvalue weighted by atomic mass is 10.0. The summed E-state index contributed by atoms with van der Waals surface area (Å²) in [5.41, 5.74) is 2.66. The summed E-state index contributed by atoms with van der Waals surface area (Å²) in [6.45, 7) is 4.34. The Kier molecular flexibility index (Phi) is 3.33. The van der Waals surface area contributed by atoms with Crippen molar-refractivity contribution in [2.45, 2.75) is 19.9 Å². The lowest BCUT2D eigenvalue weighted by molar-refractivity contribution is 0.234. The molecule has 17 heavy (non-hydrogen) atoms. The molecule has 4 heteroatoms. The third kappa shape index (κ3) is 2.26. The number of anilines is 1. The van der Waals surface area contributed by atoms with Gasteiger partial charge in [0.1, 0.15) is 5.52 Å². The average molecular weight is 234 g/mol. The van der Waals surface area contributed by atoms with Crippen molar-refractivity contribution in [3.05, 3.63) is 24.6 Å². The first-order valence-electron chi connectivity index (χ1n) is 5.80. The van der Waals surface area contributed by atoms with E-state index in [1.807, 2.05) is 25.2 Å². The number of fused-ring (bicyclic) bond motifs is 1. The van der Waals surface area contributed by atoms with Crippen molar-refractivity contribution in [2.24, 2.45) is 5.92 Å². The maximum atomic E-state index is 9.42. The topological polar surface area (TPSA) is 49.5 Å². The summed E-state index contributed by atoms with van der Waals surface area (Å²) in [6.07, 6.45) is 1.44. The van der Waals surface area contributed by atoms with E-state index in [2.05, 4.69) is 23.7 Å². The molecule has 0 bridgehead atoms. The highest BCUT2D eigenvalue weighted by Crippen LogP contribution is 2.23. The third-order valence-corrected chi connectivity index (χ3v) is 3.18. The molecule has 1 heterocycles. The summed E-state index contributed by atoms with van der Waals surface area (Å²) in [4.78, 5) is 6.16. The van der Waals surface area contributed by atoms with Gasteiger partial charge < -0.3 is 14.4 Å². The molecule has 0 spiro atoms. The van der Waals surface area contributed by atoms with E-state index in [1.54, 1.807) is 0 Å². The highest BCUT2D eigenvalue weighted by molar-refractivity contribution is 5.77. The average Bonchev–Trinajstić information content (AvgIpc) is 2.75. The van der Waals surface area contributed by atoms with Crippen molar-refractivity contribution in [3.8, 4) is 0 Å². The van der Waals surface area contributed by atoms with E-state index in [9.17, 15) is 5.11 Å². The van der Waals surface area contributed by atoms with Crippen LogP contribution in [0, 0.1) is 5.92 Å². The second-order valence-corrected chi connectivity index (χ2v) is 4.61. The fourth-order valence-electron chi connectivity index (χ4n) is 2.04. The molecule has 4 nitrogen and oxygen atoms in total. The molecule has 1 aromatic heterocycles. The van der Waals surface area contributed by atoms with Gasteiger partial charge in [-0.05, 0) is 18.1 Å². The Hall–Kier alpha value is -1.55. The summed E-state index contributed by atoms with van der Waals surface area (Å²) >= 11 is 0. The minimum absolute atomic E-state index is 0.107. The maximum absolute atomic E-state index is 9.42. The first kappa shape index (κ1) is 11.9. The molecule has 0 aliphatic carbocycles. The molecular formula is C13H18N2O2. The molecule has 0 aliphatic rings. The van der Waals surface area contributed by atoms with Gasteiger partial charge in [-0.3, -0.25) is 0 Å². The molecule has 2 rings (SSSR count). The van der Waals surface area contributed by atoms with Crippen LogP contribution in [0.5, 0.6) is 0 Å². The summed E-state index contributed by atoms with van der Waals surface area (Å²) in [5.74, 6) is 0.385. The molecule has 0 amide bonds. The van der Waals surface area contributed by atoms with Gasteiger partial charge >= 0.3 is 0 Å². The predicted octanol–water partition coefficient (Wildman–Crippen LogP) is 2.28. The van der Waals surface area contributed by atoms with Crippen molar-refractivity contribution >= 4 is 16.8 Å². The normalized spacial score (nSPS) is 13.2. The molecular weight excluding hydrogens is 216 g/mol. The van der Waals surface area contributed by atoms with E-state index in [0.29, 0.717) is 5.92 Å². The maximum Gasteiger partial charge on any atom is 0.181 e. The van der Waals surface area contributed by atoms with Crippen molar-refractivity contribution in [1.82, 2.24) is 4.98 Å². The number of aliphatic hydroxyl groups is 1. The lowest BCUT2D eigenvalue weighted by Gasteiger charge is -2.31. The van der Waals surface area contributed by atoms with Gasteiger partial charge in [-0.25, -0.2) is 4.98 Å². The molecule has 0 saturated heterocycles. The molecule has 1 N–H and O–H groups in total. The Bertz CT molecular complexity index is 493. The van der Waals surface area contributed by atoms with Gasteiger partial charge in [0, 0.05) is 18.8 Å². The van der Waals surface area contributed by atoms with Gasteiger partial charge in [-0.2, -0.15) is 0 Å². The molecule has 0 saturated carbocycles. The van der Waals surface area contributed by atoms with Gasteiger partial charge in [0.15, 0.2) is 12.0 Å². The predicted molar refractivity (Wildman–Crippen MR) is 68.1 cm³/mol. The molecule has 1 atom stereocenters. The van der Waals surface area contributed by atoms with Crippen LogP contribution in [0.1, 0.15) is 13.8 Å². The second kappa shape index (κ2) is 4.75. The van der Waals surface area contributed by atoms with Crippen molar-refractivity contribution in [3.63, 3.8) is 0 Å². The number of oxazole rings is 1. The monoisotopic (exact) mass is 234 g/mol. The number of nitrogens with zero attached hydrogens (tertiary/aromatic N) is 2. The number of aliphatic hydroxyl groups excluding tert-OH is 1. The zero-order valence-corrected chi connectivity index (χ0v) is 10.4. The fourth-order valence-corrected chi connectivity index (χ4v) is 2.04. The van der Waals surface area contributed by atoms with Crippen molar-refractivity contribution in [2.75, 3.05) is 18.6 Å². The number of rotatable bonds is 4. The van der Waals surface area contributed by atoms with Gasteiger partial charge in [0.2, 0.25) is 0 Å². The molecule has 2 aromatic rings. The van der Waals surface area contributed by atoms with Crippen LogP contribution < -0.4 is 4.90 Å². The SMILES string of the molecule is CC(C)C(CO)N(C)c1ccc2ncoc2c1. The largest absolute Gasteiger partial charge is 0.443 e. The van der Waals surface area contributed by atoms with Crippen molar-refractivity contribution < 1.29 is 9.52 Å². The van der Waals surface area contributed by atoms with E-state index in [4.69, 9.17) is 4.42 Å². The number of hydrogen-bond acceptors (Lipinski definition) is 4. The smallest absolute Gasteiger partial charge is 0.181 e. The zero-order chi connectivity index (χ0) is 12.4. The highest BCUT2D eigenvalue weighted by atomic mass is 16.3. The second-order valence-electron chi connectivity index (χ2n) is 4.61. The van der Waals surface area contributed by atoms with E-state index in [-0.39, 0.29) is 12.6 Å². The minimum atomic E-state index is 0.107.